The van der Waals surface area contributed by atoms with Gasteiger partial charge in [0.2, 0.25) is 0 Å². The van der Waals surface area contributed by atoms with Crippen LogP contribution in [0, 0.1) is 17.5 Å². The van der Waals surface area contributed by atoms with E-state index in [1.54, 1.807) is 0 Å². The van der Waals surface area contributed by atoms with Crippen molar-refractivity contribution in [3.05, 3.63) is 35.1 Å². The third-order valence-corrected chi connectivity index (χ3v) is 3.74. The predicted molar refractivity (Wildman–Crippen MR) is 61.6 cm³/mol. The Morgan fingerprint density at radius 3 is 2.59 bits per heavy atom. The van der Waals surface area contributed by atoms with E-state index in [1.165, 1.54) is 0 Å². The van der Waals surface area contributed by atoms with E-state index in [-0.39, 0.29) is 16.5 Å². The second-order valence-corrected chi connectivity index (χ2v) is 5.23. The maximum Gasteiger partial charge on any atom is 0.161 e. The number of benzene rings is 1. The molecule has 0 saturated carbocycles. The molecular formula is C12H12BrF3O. The van der Waals surface area contributed by atoms with Crippen LogP contribution in [0.3, 0.4) is 0 Å². The van der Waals surface area contributed by atoms with Crippen molar-refractivity contribution in [3.63, 3.8) is 0 Å². The van der Waals surface area contributed by atoms with Gasteiger partial charge in [0.1, 0.15) is 5.82 Å². The molecule has 2 unspecified atom stereocenters. The number of ether oxygens (including phenoxy) is 1. The third kappa shape index (κ3) is 3.01. The van der Waals surface area contributed by atoms with Crippen molar-refractivity contribution >= 4 is 15.9 Å². The van der Waals surface area contributed by atoms with Gasteiger partial charge < -0.3 is 4.74 Å². The fraction of sp³-hybridized carbons (Fsp3) is 0.500. The molecule has 94 valence electrons. The van der Waals surface area contributed by atoms with Gasteiger partial charge in [-0.15, -0.1) is 0 Å². The summed E-state index contributed by atoms with van der Waals surface area (Å²) in [6.07, 6.45) is 2.53. The molecule has 1 aliphatic heterocycles. The van der Waals surface area contributed by atoms with Crippen molar-refractivity contribution in [1.29, 1.82) is 0 Å². The molecule has 1 saturated heterocycles. The highest BCUT2D eigenvalue weighted by Gasteiger charge is 2.23. The van der Waals surface area contributed by atoms with Crippen molar-refractivity contribution in [2.75, 3.05) is 6.61 Å². The Morgan fingerprint density at radius 2 is 1.94 bits per heavy atom. The number of hydrogen-bond donors (Lipinski definition) is 0. The lowest BCUT2D eigenvalue weighted by Crippen LogP contribution is -2.09. The summed E-state index contributed by atoms with van der Waals surface area (Å²) in [6, 6.07) is 1.48. The summed E-state index contributed by atoms with van der Waals surface area (Å²) in [6.45, 7) is 0.713. The van der Waals surface area contributed by atoms with Crippen LogP contribution in [0.15, 0.2) is 12.1 Å². The number of halogens is 4. The molecule has 0 aliphatic carbocycles. The lowest BCUT2D eigenvalue weighted by atomic mass is 10.0. The molecule has 0 N–H and O–H groups in total. The zero-order valence-corrected chi connectivity index (χ0v) is 10.6. The van der Waals surface area contributed by atoms with Gasteiger partial charge in [-0.1, -0.05) is 15.9 Å². The first-order valence-electron chi connectivity index (χ1n) is 5.48. The van der Waals surface area contributed by atoms with E-state index in [0.717, 1.165) is 18.9 Å². The van der Waals surface area contributed by atoms with Crippen LogP contribution in [-0.4, -0.2) is 12.7 Å². The molecule has 1 fully saturated rings. The second-order valence-electron chi connectivity index (χ2n) is 4.13. The first-order valence-corrected chi connectivity index (χ1v) is 6.39. The minimum Gasteiger partial charge on any atom is -0.378 e. The summed E-state index contributed by atoms with van der Waals surface area (Å²) < 4.78 is 44.7. The highest BCUT2D eigenvalue weighted by atomic mass is 79.9. The molecule has 1 aliphatic rings. The Balaban J connectivity index is 2.12. The van der Waals surface area contributed by atoms with Gasteiger partial charge in [-0.2, -0.15) is 0 Å². The molecule has 2 atom stereocenters. The minimum absolute atomic E-state index is 0.0619. The fourth-order valence-electron chi connectivity index (χ4n) is 1.97. The predicted octanol–water partition coefficient (Wildman–Crippen LogP) is 4.11. The molecule has 1 aromatic carbocycles. The summed E-state index contributed by atoms with van der Waals surface area (Å²) in [5.41, 5.74) is 0.138. The third-order valence-electron chi connectivity index (χ3n) is 2.87. The largest absolute Gasteiger partial charge is 0.378 e. The van der Waals surface area contributed by atoms with Gasteiger partial charge >= 0.3 is 0 Å². The second kappa shape index (κ2) is 5.40. The van der Waals surface area contributed by atoms with E-state index in [2.05, 4.69) is 15.9 Å². The molecule has 0 amide bonds. The average Bonchev–Trinajstić information content (AvgIpc) is 2.76. The topological polar surface area (TPSA) is 9.23 Å². The van der Waals surface area contributed by atoms with Crippen molar-refractivity contribution < 1.29 is 17.9 Å². The Morgan fingerprint density at radius 1 is 1.24 bits per heavy atom. The maximum atomic E-state index is 13.5. The molecule has 1 heterocycles. The molecule has 0 spiro atoms. The zero-order chi connectivity index (χ0) is 12.4. The van der Waals surface area contributed by atoms with Gasteiger partial charge in [-0.05, 0) is 25.3 Å². The van der Waals surface area contributed by atoms with E-state index in [4.69, 9.17) is 4.74 Å². The van der Waals surface area contributed by atoms with E-state index >= 15 is 0 Å². The lowest BCUT2D eigenvalue weighted by molar-refractivity contribution is 0.104. The van der Waals surface area contributed by atoms with Crippen molar-refractivity contribution in [1.82, 2.24) is 0 Å². The van der Waals surface area contributed by atoms with E-state index in [9.17, 15) is 13.2 Å². The van der Waals surface area contributed by atoms with Crippen LogP contribution in [0.2, 0.25) is 0 Å². The van der Waals surface area contributed by atoms with Gasteiger partial charge in [0, 0.05) is 23.1 Å². The summed E-state index contributed by atoms with van der Waals surface area (Å²) in [5, 5.41) is 0. The van der Waals surface area contributed by atoms with Crippen LogP contribution in [0.25, 0.3) is 0 Å². The van der Waals surface area contributed by atoms with E-state index in [1.807, 2.05) is 0 Å². The van der Waals surface area contributed by atoms with Crippen molar-refractivity contribution in [2.24, 2.45) is 0 Å². The van der Waals surface area contributed by atoms with Crippen LogP contribution in [0.5, 0.6) is 0 Å². The highest BCUT2D eigenvalue weighted by Crippen LogP contribution is 2.33. The highest BCUT2D eigenvalue weighted by molar-refractivity contribution is 9.09. The van der Waals surface area contributed by atoms with Crippen molar-refractivity contribution in [2.45, 2.75) is 30.2 Å². The van der Waals surface area contributed by atoms with Crippen LogP contribution < -0.4 is 0 Å². The minimum atomic E-state index is -1.16. The SMILES string of the molecule is Fc1cc(F)c(C(Br)CC2CCCO2)cc1F. The smallest absolute Gasteiger partial charge is 0.161 e. The molecule has 0 bridgehead atoms. The number of hydrogen-bond acceptors (Lipinski definition) is 1. The van der Waals surface area contributed by atoms with Crippen LogP contribution >= 0.6 is 15.9 Å². The van der Waals surface area contributed by atoms with E-state index < -0.39 is 17.5 Å². The molecule has 5 heteroatoms. The summed E-state index contributed by atoms with van der Waals surface area (Å²) in [5.74, 6) is -2.93. The van der Waals surface area contributed by atoms with Crippen molar-refractivity contribution in [3.8, 4) is 0 Å². The van der Waals surface area contributed by atoms with Gasteiger partial charge in [0.15, 0.2) is 11.6 Å². The Hall–Kier alpha value is -0.550. The molecule has 1 aromatic rings. The lowest BCUT2D eigenvalue weighted by Gasteiger charge is -2.15. The Labute approximate surface area is 106 Å². The quantitative estimate of drug-likeness (QED) is 0.603. The average molecular weight is 309 g/mol. The Kier molecular flexibility index (Phi) is 4.09. The first kappa shape index (κ1) is 12.9. The standard InChI is InChI=1S/C12H12BrF3O/c13-9(4-7-2-1-3-17-7)8-5-11(15)12(16)6-10(8)14/h5-7,9H,1-4H2. The molecule has 1 nitrogen and oxygen atoms in total. The number of rotatable bonds is 3. The summed E-state index contributed by atoms with van der Waals surface area (Å²) in [4.78, 5) is -0.360. The monoisotopic (exact) mass is 308 g/mol. The number of alkyl halides is 1. The summed E-state index contributed by atoms with van der Waals surface area (Å²) >= 11 is 3.30. The first-order chi connectivity index (χ1) is 8.08. The van der Waals surface area contributed by atoms with Gasteiger partial charge in [0.05, 0.1) is 6.10 Å². The summed E-state index contributed by atoms with van der Waals surface area (Å²) in [7, 11) is 0. The molecule has 2 rings (SSSR count). The Bertz CT molecular complexity index is 405. The normalized spacial score (nSPS) is 21.8. The van der Waals surface area contributed by atoms with Crippen LogP contribution in [-0.2, 0) is 4.74 Å². The van der Waals surface area contributed by atoms with Crippen LogP contribution in [0.1, 0.15) is 29.7 Å². The van der Waals surface area contributed by atoms with Crippen LogP contribution in [0.4, 0.5) is 13.2 Å². The van der Waals surface area contributed by atoms with Gasteiger partial charge in [-0.3, -0.25) is 0 Å². The molecule has 0 radical (unpaired) electrons. The fourth-order valence-corrected chi connectivity index (χ4v) is 2.73. The maximum absolute atomic E-state index is 13.5. The molecular weight excluding hydrogens is 297 g/mol. The van der Waals surface area contributed by atoms with Gasteiger partial charge in [-0.25, -0.2) is 13.2 Å². The zero-order valence-electron chi connectivity index (χ0n) is 9.06. The van der Waals surface area contributed by atoms with Gasteiger partial charge in [0.25, 0.3) is 0 Å². The van der Waals surface area contributed by atoms with E-state index in [0.29, 0.717) is 19.1 Å². The molecule has 17 heavy (non-hydrogen) atoms. The molecule has 0 aromatic heterocycles.